The SMILES string of the molecule is CC1(C)NC(=O)N(CCC(=O)OCC(=O)Nc2ccccc2C(=O)NC2CC2)C1=O. The summed E-state index contributed by atoms with van der Waals surface area (Å²) in [6.07, 6.45) is 1.65. The summed E-state index contributed by atoms with van der Waals surface area (Å²) in [6.45, 7) is 2.44. The number of imide groups is 1. The topological polar surface area (TPSA) is 134 Å². The molecule has 1 aromatic carbocycles. The first-order valence-electron chi connectivity index (χ1n) is 9.67. The first-order chi connectivity index (χ1) is 14.2. The molecule has 0 unspecified atom stereocenters. The number of nitrogens with one attached hydrogen (secondary N) is 3. The largest absolute Gasteiger partial charge is 0.456 e. The standard InChI is InChI=1S/C20H24N4O6/c1-20(2)18(28)24(19(29)23-20)10-9-16(26)30-11-15(25)22-14-6-4-3-5-13(14)17(27)21-12-7-8-12/h3-6,12H,7-11H2,1-2H3,(H,21,27)(H,22,25)(H,23,29). The minimum Gasteiger partial charge on any atom is -0.456 e. The number of ether oxygens (including phenoxy) is 1. The van der Waals surface area contributed by atoms with Crippen LogP contribution in [-0.4, -0.2) is 59.4 Å². The van der Waals surface area contributed by atoms with Crippen molar-refractivity contribution < 1.29 is 28.7 Å². The number of carbonyl (C=O) groups excluding carboxylic acids is 5. The van der Waals surface area contributed by atoms with E-state index in [1.54, 1.807) is 38.1 Å². The highest BCUT2D eigenvalue weighted by Crippen LogP contribution is 2.21. The van der Waals surface area contributed by atoms with Crippen LogP contribution in [0.1, 0.15) is 43.5 Å². The minimum absolute atomic E-state index is 0.140. The highest BCUT2D eigenvalue weighted by atomic mass is 16.5. The zero-order valence-electron chi connectivity index (χ0n) is 16.8. The van der Waals surface area contributed by atoms with Crippen LogP contribution < -0.4 is 16.0 Å². The molecule has 1 aliphatic carbocycles. The lowest BCUT2D eigenvalue weighted by atomic mass is 10.1. The van der Waals surface area contributed by atoms with Gasteiger partial charge in [-0.2, -0.15) is 0 Å². The number of urea groups is 1. The first-order valence-corrected chi connectivity index (χ1v) is 9.67. The third-order valence-corrected chi connectivity index (χ3v) is 4.71. The number of esters is 1. The quantitative estimate of drug-likeness (QED) is 0.424. The van der Waals surface area contributed by atoms with E-state index in [9.17, 15) is 24.0 Å². The van der Waals surface area contributed by atoms with Gasteiger partial charge in [0.2, 0.25) is 0 Å². The van der Waals surface area contributed by atoms with Crippen LogP contribution in [-0.2, 0) is 19.1 Å². The van der Waals surface area contributed by atoms with E-state index in [2.05, 4.69) is 16.0 Å². The van der Waals surface area contributed by atoms with Crippen molar-refractivity contribution in [1.82, 2.24) is 15.5 Å². The molecule has 0 radical (unpaired) electrons. The third kappa shape index (κ3) is 5.13. The number of carbonyl (C=O) groups is 5. The van der Waals surface area contributed by atoms with E-state index in [0.717, 1.165) is 17.7 Å². The van der Waals surface area contributed by atoms with Gasteiger partial charge >= 0.3 is 12.0 Å². The lowest BCUT2D eigenvalue weighted by Crippen LogP contribution is -2.40. The minimum atomic E-state index is -1.01. The summed E-state index contributed by atoms with van der Waals surface area (Å²) in [5.74, 6) is -2.04. The van der Waals surface area contributed by atoms with Crippen molar-refractivity contribution in [3.63, 3.8) is 0 Å². The molecule has 1 heterocycles. The Hall–Kier alpha value is -3.43. The van der Waals surface area contributed by atoms with Crippen LogP contribution in [0.5, 0.6) is 0 Å². The molecule has 30 heavy (non-hydrogen) atoms. The average molecular weight is 416 g/mol. The molecule has 1 aromatic rings. The molecule has 3 rings (SSSR count). The van der Waals surface area contributed by atoms with Crippen LogP contribution >= 0.6 is 0 Å². The molecule has 5 amide bonds. The van der Waals surface area contributed by atoms with Gasteiger partial charge in [-0.3, -0.25) is 24.1 Å². The maximum absolute atomic E-state index is 12.3. The van der Waals surface area contributed by atoms with E-state index in [1.165, 1.54) is 0 Å². The highest BCUT2D eigenvalue weighted by molar-refractivity contribution is 6.07. The van der Waals surface area contributed by atoms with Crippen molar-refractivity contribution in [3.8, 4) is 0 Å². The highest BCUT2D eigenvalue weighted by Gasteiger charge is 2.44. The third-order valence-electron chi connectivity index (χ3n) is 4.71. The molecule has 10 nitrogen and oxygen atoms in total. The van der Waals surface area contributed by atoms with Crippen LogP contribution in [0, 0.1) is 0 Å². The number of para-hydroxylation sites is 1. The van der Waals surface area contributed by atoms with Gasteiger partial charge in [-0.15, -0.1) is 0 Å². The monoisotopic (exact) mass is 416 g/mol. The fourth-order valence-corrected chi connectivity index (χ4v) is 2.91. The second-order valence-corrected chi connectivity index (χ2v) is 7.76. The number of amides is 5. The molecule has 1 saturated carbocycles. The molecule has 3 N–H and O–H groups in total. The first kappa shape index (κ1) is 21.3. The Bertz CT molecular complexity index is 893. The van der Waals surface area contributed by atoms with Crippen molar-refractivity contribution in [2.75, 3.05) is 18.5 Å². The van der Waals surface area contributed by atoms with Crippen LogP contribution in [0.3, 0.4) is 0 Å². The van der Waals surface area contributed by atoms with Crippen molar-refractivity contribution in [2.45, 2.75) is 44.7 Å². The molecule has 0 spiro atoms. The van der Waals surface area contributed by atoms with Crippen molar-refractivity contribution in [2.24, 2.45) is 0 Å². The summed E-state index contributed by atoms with van der Waals surface area (Å²) < 4.78 is 4.91. The predicted octanol–water partition coefficient (Wildman–Crippen LogP) is 0.781. The van der Waals surface area contributed by atoms with Crippen LogP contribution in [0.25, 0.3) is 0 Å². The van der Waals surface area contributed by atoms with E-state index in [0.29, 0.717) is 11.3 Å². The molecule has 10 heteroatoms. The second-order valence-electron chi connectivity index (χ2n) is 7.76. The second kappa shape index (κ2) is 8.52. The van der Waals surface area contributed by atoms with Gasteiger partial charge < -0.3 is 20.7 Å². The van der Waals surface area contributed by atoms with Crippen LogP contribution in [0.4, 0.5) is 10.5 Å². The number of nitrogens with zero attached hydrogens (tertiary/aromatic N) is 1. The normalized spacial score (nSPS) is 17.3. The Morgan fingerprint density at radius 3 is 2.53 bits per heavy atom. The molecular weight excluding hydrogens is 392 g/mol. The Balaban J connectivity index is 1.46. The van der Waals surface area contributed by atoms with Gasteiger partial charge in [0.25, 0.3) is 17.7 Å². The van der Waals surface area contributed by atoms with Gasteiger partial charge in [0.05, 0.1) is 17.7 Å². The van der Waals surface area contributed by atoms with Gasteiger partial charge in [0, 0.05) is 12.6 Å². The van der Waals surface area contributed by atoms with E-state index in [-0.39, 0.29) is 24.9 Å². The molecule has 2 aliphatic rings. The summed E-state index contributed by atoms with van der Waals surface area (Å²) in [5.41, 5.74) is -0.372. The smallest absolute Gasteiger partial charge is 0.325 e. The van der Waals surface area contributed by atoms with Gasteiger partial charge in [0.1, 0.15) is 5.54 Å². The maximum atomic E-state index is 12.3. The zero-order chi connectivity index (χ0) is 21.9. The zero-order valence-corrected chi connectivity index (χ0v) is 16.8. The van der Waals surface area contributed by atoms with Crippen LogP contribution in [0.2, 0.25) is 0 Å². The molecule has 0 aromatic heterocycles. The molecule has 0 atom stereocenters. The van der Waals surface area contributed by atoms with Gasteiger partial charge in [0.15, 0.2) is 6.61 Å². The number of hydrogen-bond donors (Lipinski definition) is 3. The average Bonchev–Trinajstić information content (AvgIpc) is 3.47. The van der Waals surface area contributed by atoms with Gasteiger partial charge in [-0.25, -0.2) is 4.79 Å². The number of benzene rings is 1. The summed E-state index contributed by atoms with van der Waals surface area (Å²) in [4.78, 5) is 61.1. The molecule has 160 valence electrons. The number of anilines is 1. The molecule has 1 aliphatic heterocycles. The van der Waals surface area contributed by atoms with Crippen molar-refractivity contribution >= 4 is 35.4 Å². The number of rotatable bonds is 8. The van der Waals surface area contributed by atoms with Crippen LogP contribution in [0.15, 0.2) is 24.3 Å². The molecule has 1 saturated heterocycles. The van der Waals surface area contributed by atoms with Crippen molar-refractivity contribution in [3.05, 3.63) is 29.8 Å². The van der Waals surface area contributed by atoms with E-state index in [1.807, 2.05) is 0 Å². The van der Waals surface area contributed by atoms with Crippen molar-refractivity contribution in [1.29, 1.82) is 0 Å². The van der Waals surface area contributed by atoms with E-state index in [4.69, 9.17) is 4.74 Å². The maximum Gasteiger partial charge on any atom is 0.325 e. The Morgan fingerprint density at radius 2 is 1.90 bits per heavy atom. The van der Waals surface area contributed by atoms with E-state index < -0.39 is 36.0 Å². The fourth-order valence-electron chi connectivity index (χ4n) is 2.91. The summed E-state index contributed by atoms with van der Waals surface area (Å²) in [6, 6.07) is 6.15. The summed E-state index contributed by atoms with van der Waals surface area (Å²) in [7, 11) is 0. The fraction of sp³-hybridized carbons (Fsp3) is 0.450. The lowest BCUT2D eigenvalue weighted by Gasteiger charge is -2.15. The Morgan fingerprint density at radius 1 is 1.20 bits per heavy atom. The van der Waals surface area contributed by atoms with E-state index >= 15 is 0 Å². The Labute approximate surface area is 173 Å². The molecule has 0 bridgehead atoms. The van der Waals surface area contributed by atoms with Gasteiger partial charge in [-0.05, 0) is 38.8 Å². The lowest BCUT2D eigenvalue weighted by molar-refractivity contribution is -0.147. The molecule has 2 fully saturated rings. The predicted molar refractivity (Wildman–Crippen MR) is 105 cm³/mol. The van der Waals surface area contributed by atoms with Gasteiger partial charge in [-0.1, -0.05) is 12.1 Å². The summed E-state index contributed by atoms with van der Waals surface area (Å²) >= 11 is 0. The Kier molecular flexibility index (Phi) is 6.04. The molecular formula is C20H24N4O6. The summed E-state index contributed by atoms with van der Waals surface area (Å²) in [5, 5.41) is 7.92. The number of hydrogen-bond acceptors (Lipinski definition) is 6.